The first kappa shape index (κ1) is 20.5. The molecule has 1 unspecified atom stereocenters. The van der Waals surface area contributed by atoms with Crippen LogP contribution in [0.25, 0.3) is 0 Å². The quantitative estimate of drug-likeness (QED) is 0.478. The summed E-state index contributed by atoms with van der Waals surface area (Å²) in [4.78, 5) is 35.1. The van der Waals surface area contributed by atoms with E-state index < -0.39 is 11.9 Å². The molecule has 2 rings (SSSR count). The first-order chi connectivity index (χ1) is 12.8. The molecule has 0 fully saturated rings. The smallest absolute Gasteiger partial charge is 0.328 e. The number of halogens is 1. The number of hydrogen-bond acceptors (Lipinski definition) is 4. The molecule has 0 saturated heterocycles. The van der Waals surface area contributed by atoms with Gasteiger partial charge in [0, 0.05) is 22.7 Å². The SMILES string of the molecule is CC(Sc1ccc(NC(=O)/C=C/C(=O)O)cc1)C(=O)Nc1ccccc1Cl. The normalized spacial score (nSPS) is 11.8. The van der Waals surface area contributed by atoms with Crippen molar-refractivity contribution in [3.05, 3.63) is 65.7 Å². The summed E-state index contributed by atoms with van der Waals surface area (Å²) in [5.41, 5.74) is 1.08. The van der Waals surface area contributed by atoms with Crippen molar-refractivity contribution in [1.82, 2.24) is 0 Å². The molecule has 1 atom stereocenters. The van der Waals surface area contributed by atoms with Gasteiger partial charge in [0.2, 0.25) is 11.8 Å². The second-order valence-corrected chi connectivity index (χ2v) is 7.24. The number of aliphatic carboxylic acids is 1. The predicted molar refractivity (Wildman–Crippen MR) is 107 cm³/mol. The van der Waals surface area contributed by atoms with E-state index in [9.17, 15) is 14.4 Å². The van der Waals surface area contributed by atoms with Gasteiger partial charge in [0.05, 0.1) is 16.0 Å². The van der Waals surface area contributed by atoms with Crippen molar-refractivity contribution in [2.45, 2.75) is 17.1 Å². The van der Waals surface area contributed by atoms with Crippen LogP contribution in [-0.4, -0.2) is 28.1 Å². The standard InChI is InChI=1S/C19H17ClN2O4S/c1-12(19(26)22-16-5-3-2-4-15(16)20)27-14-8-6-13(7-9-14)21-17(23)10-11-18(24)25/h2-12H,1H3,(H,21,23)(H,22,26)(H,24,25)/b11-10+. The summed E-state index contributed by atoms with van der Waals surface area (Å²) in [6, 6.07) is 13.9. The van der Waals surface area contributed by atoms with E-state index in [0.29, 0.717) is 16.4 Å². The van der Waals surface area contributed by atoms with Gasteiger partial charge in [-0.05, 0) is 43.3 Å². The lowest BCUT2D eigenvalue weighted by atomic mass is 10.3. The highest BCUT2D eigenvalue weighted by atomic mass is 35.5. The van der Waals surface area contributed by atoms with Gasteiger partial charge in [0.15, 0.2) is 0 Å². The summed E-state index contributed by atoms with van der Waals surface area (Å²) in [5, 5.41) is 13.9. The molecule has 2 amide bonds. The van der Waals surface area contributed by atoms with E-state index in [1.165, 1.54) is 11.8 Å². The van der Waals surface area contributed by atoms with Crippen molar-refractivity contribution in [2.24, 2.45) is 0 Å². The van der Waals surface area contributed by atoms with Crippen LogP contribution in [0.3, 0.4) is 0 Å². The zero-order chi connectivity index (χ0) is 19.8. The van der Waals surface area contributed by atoms with Crippen LogP contribution >= 0.6 is 23.4 Å². The number of nitrogens with one attached hydrogen (secondary N) is 2. The van der Waals surface area contributed by atoms with Crippen LogP contribution in [0.4, 0.5) is 11.4 Å². The third-order valence-corrected chi connectivity index (χ3v) is 4.75. The minimum Gasteiger partial charge on any atom is -0.478 e. The summed E-state index contributed by atoms with van der Waals surface area (Å²) in [6.45, 7) is 1.78. The molecule has 0 radical (unpaired) electrons. The van der Waals surface area contributed by atoms with Crippen molar-refractivity contribution in [3.63, 3.8) is 0 Å². The van der Waals surface area contributed by atoms with Gasteiger partial charge in [-0.1, -0.05) is 23.7 Å². The number of carbonyl (C=O) groups excluding carboxylic acids is 2. The second-order valence-electron chi connectivity index (χ2n) is 5.41. The Balaban J connectivity index is 1.91. The number of carboxylic acid groups (broad SMARTS) is 1. The molecule has 3 N–H and O–H groups in total. The fourth-order valence-corrected chi connectivity index (χ4v) is 3.05. The fraction of sp³-hybridized carbons (Fsp3) is 0.105. The van der Waals surface area contributed by atoms with Crippen LogP contribution in [-0.2, 0) is 14.4 Å². The first-order valence-corrected chi connectivity index (χ1v) is 9.15. The number of carboxylic acids is 1. The van der Waals surface area contributed by atoms with Gasteiger partial charge in [0.25, 0.3) is 0 Å². The lowest BCUT2D eigenvalue weighted by Gasteiger charge is -2.13. The van der Waals surface area contributed by atoms with Crippen LogP contribution in [0, 0.1) is 0 Å². The molecule has 6 nitrogen and oxygen atoms in total. The van der Waals surface area contributed by atoms with E-state index in [0.717, 1.165) is 17.0 Å². The van der Waals surface area contributed by atoms with E-state index in [-0.39, 0.29) is 11.2 Å². The van der Waals surface area contributed by atoms with Crippen molar-refractivity contribution < 1.29 is 19.5 Å². The van der Waals surface area contributed by atoms with Crippen molar-refractivity contribution in [3.8, 4) is 0 Å². The average Bonchev–Trinajstić information content (AvgIpc) is 2.63. The third kappa shape index (κ3) is 6.80. The van der Waals surface area contributed by atoms with Gasteiger partial charge in [0.1, 0.15) is 0 Å². The van der Waals surface area contributed by atoms with Crippen LogP contribution in [0.2, 0.25) is 5.02 Å². The Hall–Kier alpha value is -2.77. The van der Waals surface area contributed by atoms with Gasteiger partial charge in [-0.3, -0.25) is 9.59 Å². The van der Waals surface area contributed by atoms with Crippen LogP contribution in [0.5, 0.6) is 0 Å². The number of amides is 2. The summed E-state index contributed by atoms with van der Waals surface area (Å²) < 4.78 is 0. The Morgan fingerprint density at radius 2 is 1.70 bits per heavy atom. The highest BCUT2D eigenvalue weighted by Gasteiger charge is 2.15. The third-order valence-electron chi connectivity index (χ3n) is 3.31. The fourth-order valence-electron chi connectivity index (χ4n) is 2.00. The maximum atomic E-state index is 12.3. The summed E-state index contributed by atoms with van der Waals surface area (Å²) in [6.07, 6.45) is 1.70. The molecule has 0 aliphatic heterocycles. The number of anilines is 2. The Morgan fingerprint density at radius 1 is 1.04 bits per heavy atom. The zero-order valence-corrected chi connectivity index (χ0v) is 15.9. The number of carbonyl (C=O) groups is 3. The second kappa shape index (κ2) is 9.80. The van der Waals surface area contributed by atoms with Crippen molar-refractivity contribution >= 4 is 52.5 Å². The first-order valence-electron chi connectivity index (χ1n) is 7.89. The van der Waals surface area contributed by atoms with Gasteiger partial charge in [-0.2, -0.15) is 0 Å². The van der Waals surface area contributed by atoms with Gasteiger partial charge < -0.3 is 15.7 Å². The molecule has 0 heterocycles. The monoisotopic (exact) mass is 404 g/mol. The number of thioether (sulfide) groups is 1. The zero-order valence-electron chi connectivity index (χ0n) is 14.3. The minimum absolute atomic E-state index is 0.177. The predicted octanol–water partition coefficient (Wildman–Crippen LogP) is 4.04. The number of hydrogen-bond donors (Lipinski definition) is 3. The van der Waals surface area contributed by atoms with E-state index in [2.05, 4.69) is 10.6 Å². The maximum absolute atomic E-state index is 12.3. The molecule has 2 aromatic carbocycles. The van der Waals surface area contributed by atoms with E-state index in [1.54, 1.807) is 55.5 Å². The molecule has 0 saturated carbocycles. The molecule has 140 valence electrons. The summed E-state index contributed by atoms with van der Waals surface area (Å²) in [5.74, 6) is -1.91. The largest absolute Gasteiger partial charge is 0.478 e. The molecule has 0 aromatic heterocycles. The minimum atomic E-state index is -1.19. The van der Waals surface area contributed by atoms with E-state index in [1.807, 2.05) is 0 Å². The molecule has 2 aromatic rings. The van der Waals surface area contributed by atoms with Crippen LogP contribution in [0.1, 0.15) is 6.92 Å². The molecule has 0 bridgehead atoms. The van der Waals surface area contributed by atoms with E-state index >= 15 is 0 Å². The Labute approximate surface area is 165 Å². The molecule has 8 heteroatoms. The highest BCUT2D eigenvalue weighted by Crippen LogP contribution is 2.27. The topological polar surface area (TPSA) is 95.5 Å². The lowest BCUT2D eigenvalue weighted by Crippen LogP contribution is -2.22. The van der Waals surface area contributed by atoms with Crippen molar-refractivity contribution in [1.29, 1.82) is 0 Å². The molecule has 0 spiro atoms. The Bertz CT molecular complexity index is 868. The number of para-hydroxylation sites is 1. The van der Waals surface area contributed by atoms with Gasteiger partial charge in [-0.15, -0.1) is 11.8 Å². The van der Waals surface area contributed by atoms with Crippen molar-refractivity contribution in [2.75, 3.05) is 10.6 Å². The molecule has 0 aliphatic rings. The van der Waals surface area contributed by atoms with E-state index in [4.69, 9.17) is 16.7 Å². The summed E-state index contributed by atoms with van der Waals surface area (Å²) in [7, 11) is 0. The molecular formula is C19H17ClN2O4S. The Morgan fingerprint density at radius 3 is 2.33 bits per heavy atom. The van der Waals surface area contributed by atoms with Gasteiger partial charge in [-0.25, -0.2) is 4.79 Å². The average molecular weight is 405 g/mol. The van der Waals surface area contributed by atoms with Crippen LogP contribution in [0.15, 0.2) is 65.6 Å². The lowest BCUT2D eigenvalue weighted by molar-refractivity contribution is -0.131. The molecule has 27 heavy (non-hydrogen) atoms. The van der Waals surface area contributed by atoms with Gasteiger partial charge >= 0.3 is 5.97 Å². The molecule has 0 aliphatic carbocycles. The summed E-state index contributed by atoms with van der Waals surface area (Å²) >= 11 is 7.40. The van der Waals surface area contributed by atoms with Crippen LogP contribution < -0.4 is 10.6 Å². The molecular weight excluding hydrogens is 388 g/mol. The maximum Gasteiger partial charge on any atom is 0.328 e. The Kier molecular flexibility index (Phi) is 7.45. The highest BCUT2D eigenvalue weighted by molar-refractivity contribution is 8.00. The number of benzene rings is 2. The number of rotatable bonds is 7.